The van der Waals surface area contributed by atoms with Crippen molar-refractivity contribution in [2.24, 2.45) is 24.8 Å². The molecule has 1 aromatic heterocycles. The van der Waals surface area contributed by atoms with Gasteiger partial charge in [0.2, 0.25) is 11.8 Å². The van der Waals surface area contributed by atoms with Crippen molar-refractivity contribution < 1.29 is 28.7 Å². The predicted octanol–water partition coefficient (Wildman–Crippen LogP) is 4.86. The molecular weight excluding hydrogens is 500 g/mol. The molecule has 222 valence electrons. The second-order valence-electron chi connectivity index (χ2n) is 11.4. The number of aryl methyl sites for hydroxylation is 1. The SMILES string of the molecule is CC(C)CC(=O)C(C)C.CC(C)OC1CCCCCc2c1nnn2C.CC1CC(=O)N(C(C)C)C1=O.O=C=O. The van der Waals surface area contributed by atoms with E-state index in [1.54, 1.807) is 6.92 Å². The third kappa shape index (κ3) is 13.3. The van der Waals surface area contributed by atoms with Gasteiger partial charge in [0.25, 0.3) is 0 Å². The van der Waals surface area contributed by atoms with Crippen molar-refractivity contribution in [1.82, 2.24) is 19.9 Å². The molecule has 0 aromatic carbocycles. The number of amides is 2. The lowest BCUT2D eigenvalue weighted by atomic mass is 9.99. The van der Waals surface area contributed by atoms with Crippen LogP contribution < -0.4 is 0 Å². The standard InChI is InChI=1S/C12H21N3O.C8H13NO2.C8H16O.CO2/c1-9(2)16-11-8-6-4-5-7-10-12(11)13-14-15(10)3;1-5(2)9-7(10)4-6(3)8(9)11;1-6(2)5-8(9)7(3)4;2-1-3/h9,11H,4-8H2,1-3H3;5-6H,4H2,1-3H3;6-7H,5H2,1-4H3;. The number of ether oxygens (including phenoxy) is 1. The van der Waals surface area contributed by atoms with Crippen LogP contribution in [0.1, 0.15) is 118 Å². The number of carbonyl (C=O) groups is 3. The summed E-state index contributed by atoms with van der Waals surface area (Å²) < 4.78 is 7.85. The van der Waals surface area contributed by atoms with Crippen molar-refractivity contribution in [3.05, 3.63) is 11.4 Å². The summed E-state index contributed by atoms with van der Waals surface area (Å²) >= 11 is 0. The zero-order chi connectivity index (χ0) is 30.3. The van der Waals surface area contributed by atoms with Crippen molar-refractivity contribution in [3.8, 4) is 0 Å². The third-order valence-electron chi connectivity index (χ3n) is 6.27. The number of hydrogen-bond acceptors (Lipinski definition) is 8. The van der Waals surface area contributed by atoms with E-state index < -0.39 is 0 Å². The van der Waals surface area contributed by atoms with Gasteiger partial charge in [-0.15, -0.1) is 5.10 Å². The van der Waals surface area contributed by atoms with E-state index >= 15 is 0 Å². The Kier molecular flexibility index (Phi) is 17.3. The van der Waals surface area contributed by atoms with Gasteiger partial charge in [0.1, 0.15) is 17.6 Å². The van der Waals surface area contributed by atoms with Gasteiger partial charge < -0.3 is 4.74 Å². The van der Waals surface area contributed by atoms with Gasteiger partial charge in [0.15, 0.2) is 0 Å². The predicted molar refractivity (Wildman–Crippen MR) is 147 cm³/mol. The number of likely N-dealkylation sites (tertiary alicyclic amines) is 1. The molecule has 0 bridgehead atoms. The lowest BCUT2D eigenvalue weighted by Gasteiger charge is -2.21. The Hall–Kier alpha value is -2.71. The average Bonchev–Trinajstić information content (AvgIpc) is 3.28. The molecule has 39 heavy (non-hydrogen) atoms. The fraction of sp³-hybridized carbons (Fsp3) is 0.793. The zero-order valence-electron chi connectivity index (χ0n) is 25.7. The minimum absolute atomic E-state index is 0.0138. The van der Waals surface area contributed by atoms with Crippen LogP contribution >= 0.6 is 0 Å². The smallest absolute Gasteiger partial charge is 0.369 e. The lowest BCUT2D eigenvalue weighted by Crippen LogP contribution is -2.36. The van der Waals surface area contributed by atoms with E-state index in [-0.39, 0.29) is 48.1 Å². The van der Waals surface area contributed by atoms with Gasteiger partial charge in [-0.25, -0.2) is 0 Å². The van der Waals surface area contributed by atoms with Crippen LogP contribution in [0.15, 0.2) is 0 Å². The first-order valence-electron chi connectivity index (χ1n) is 14.1. The molecule has 2 atom stereocenters. The molecule has 0 saturated carbocycles. The van der Waals surface area contributed by atoms with Crippen LogP contribution in [0, 0.1) is 17.8 Å². The Morgan fingerprint density at radius 2 is 1.62 bits per heavy atom. The minimum atomic E-state index is -0.107. The van der Waals surface area contributed by atoms with Crippen LogP contribution in [0.3, 0.4) is 0 Å². The Morgan fingerprint density at radius 3 is 2.00 bits per heavy atom. The Balaban J connectivity index is 0.000000553. The number of Topliss-reactive ketones (excluding diaryl/α,β-unsaturated/α-hetero) is 1. The minimum Gasteiger partial charge on any atom is -0.369 e. The summed E-state index contributed by atoms with van der Waals surface area (Å²) in [6, 6.07) is 0.0138. The molecule has 0 N–H and O–H groups in total. The highest BCUT2D eigenvalue weighted by Gasteiger charge is 2.36. The average molecular weight is 551 g/mol. The highest BCUT2D eigenvalue weighted by molar-refractivity contribution is 6.03. The highest BCUT2D eigenvalue weighted by Crippen LogP contribution is 2.29. The van der Waals surface area contributed by atoms with Crippen molar-refractivity contribution >= 4 is 23.7 Å². The number of imide groups is 1. The normalized spacial score (nSPS) is 18.8. The quantitative estimate of drug-likeness (QED) is 0.459. The first-order chi connectivity index (χ1) is 18.2. The molecule has 10 heteroatoms. The van der Waals surface area contributed by atoms with Gasteiger partial charge in [0, 0.05) is 37.8 Å². The van der Waals surface area contributed by atoms with Crippen LogP contribution in [0.4, 0.5) is 0 Å². The summed E-state index contributed by atoms with van der Waals surface area (Å²) in [4.78, 5) is 51.0. The summed E-state index contributed by atoms with van der Waals surface area (Å²) in [7, 11) is 1.97. The van der Waals surface area contributed by atoms with Crippen LogP contribution in [0.5, 0.6) is 0 Å². The van der Waals surface area contributed by atoms with Crippen molar-refractivity contribution in [2.45, 2.75) is 126 Å². The topological polar surface area (TPSA) is 129 Å². The van der Waals surface area contributed by atoms with E-state index in [1.807, 2.05) is 39.4 Å². The number of aromatic nitrogens is 3. The molecule has 10 nitrogen and oxygen atoms in total. The van der Waals surface area contributed by atoms with Crippen LogP contribution in [0.2, 0.25) is 0 Å². The summed E-state index contributed by atoms with van der Waals surface area (Å²) in [5.74, 6) is 0.949. The molecule has 1 fully saturated rings. The van der Waals surface area contributed by atoms with E-state index in [0.717, 1.165) is 25.0 Å². The first-order valence-corrected chi connectivity index (χ1v) is 14.1. The number of carbonyl (C=O) groups excluding carboxylic acids is 5. The van der Waals surface area contributed by atoms with Crippen LogP contribution in [-0.4, -0.2) is 55.8 Å². The summed E-state index contributed by atoms with van der Waals surface area (Å²) in [5.41, 5.74) is 2.32. The maximum absolute atomic E-state index is 11.3. The van der Waals surface area contributed by atoms with Crippen molar-refractivity contribution in [2.75, 3.05) is 0 Å². The number of ketones is 1. The molecule has 1 saturated heterocycles. The largest absolute Gasteiger partial charge is 0.373 e. The monoisotopic (exact) mass is 550 g/mol. The fourth-order valence-corrected chi connectivity index (χ4v) is 4.32. The third-order valence-corrected chi connectivity index (χ3v) is 6.27. The molecular formula is C29H50N4O6. The van der Waals surface area contributed by atoms with Crippen molar-refractivity contribution in [1.29, 1.82) is 0 Å². The maximum Gasteiger partial charge on any atom is 0.373 e. The first kappa shape index (κ1) is 36.3. The van der Waals surface area contributed by atoms with E-state index in [1.165, 1.54) is 29.9 Å². The van der Waals surface area contributed by atoms with Gasteiger partial charge in [-0.2, -0.15) is 9.59 Å². The molecule has 2 unspecified atom stereocenters. The molecule has 2 aliphatic rings. The molecule has 1 aromatic rings. The van der Waals surface area contributed by atoms with Crippen LogP contribution in [-0.2, 0) is 42.2 Å². The molecule has 2 amide bonds. The Labute approximate surface area is 234 Å². The zero-order valence-corrected chi connectivity index (χ0v) is 25.7. The molecule has 2 heterocycles. The number of hydrogen-bond donors (Lipinski definition) is 0. The molecule has 3 rings (SSSR count). The second kappa shape index (κ2) is 18.6. The van der Waals surface area contributed by atoms with E-state index in [2.05, 4.69) is 38.0 Å². The van der Waals surface area contributed by atoms with Gasteiger partial charge in [-0.1, -0.05) is 52.7 Å². The Morgan fingerprint density at radius 1 is 1.03 bits per heavy atom. The maximum atomic E-state index is 11.3. The lowest BCUT2D eigenvalue weighted by molar-refractivity contribution is -0.191. The Bertz CT molecular complexity index is 932. The number of rotatable bonds is 6. The number of nitrogens with zero attached hydrogens (tertiary/aromatic N) is 4. The van der Waals surface area contributed by atoms with E-state index in [0.29, 0.717) is 18.1 Å². The number of fused-ring (bicyclic) bond motifs is 1. The second-order valence-corrected chi connectivity index (χ2v) is 11.4. The molecule has 0 spiro atoms. The molecule has 1 aliphatic heterocycles. The van der Waals surface area contributed by atoms with Crippen LogP contribution in [0.25, 0.3) is 0 Å². The molecule has 0 radical (unpaired) electrons. The van der Waals surface area contributed by atoms with Gasteiger partial charge in [-0.3, -0.25) is 24.0 Å². The van der Waals surface area contributed by atoms with Gasteiger partial charge >= 0.3 is 6.15 Å². The highest BCUT2D eigenvalue weighted by atomic mass is 16.5. The van der Waals surface area contributed by atoms with E-state index in [4.69, 9.17) is 14.3 Å². The molecule has 1 aliphatic carbocycles. The fourth-order valence-electron chi connectivity index (χ4n) is 4.32. The summed E-state index contributed by atoms with van der Waals surface area (Å²) in [5, 5.41) is 8.41. The van der Waals surface area contributed by atoms with Gasteiger partial charge in [0.05, 0.1) is 11.8 Å². The van der Waals surface area contributed by atoms with Crippen molar-refractivity contribution in [3.63, 3.8) is 0 Å². The van der Waals surface area contributed by atoms with E-state index in [9.17, 15) is 14.4 Å². The summed E-state index contributed by atoms with van der Waals surface area (Å²) in [6.45, 7) is 17.7. The van der Waals surface area contributed by atoms with Gasteiger partial charge in [-0.05, 0) is 52.9 Å². The summed E-state index contributed by atoms with van der Waals surface area (Å²) in [6.07, 6.45) is 7.66.